The Labute approximate surface area is 355 Å². The van der Waals surface area contributed by atoms with Crippen molar-refractivity contribution in [1.82, 2.24) is 5.32 Å². The second-order valence-corrected chi connectivity index (χ2v) is 14.8. The number of carbonyl (C=O) groups is 2. The van der Waals surface area contributed by atoms with Gasteiger partial charge < -0.3 is 20.3 Å². The smallest absolute Gasteiger partial charge is 0.306 e. The van der Waals surface area contributed by atoms with Gasteiger partial charge in [0.2, 0.25) is 5.91 Å². The summed E-state index contributed by atoms with van der Waals surface area (Å²) in [6, 6.07) is -0.746. The molecule has 0 rings (SSSR count). The Hall–Kier alpha value is -3.74. The van der Waals surface area contributed by atoms with Gasteiger partial charge in [-0.3, -0.25) is 9.59 Å². The molecule has 3 N–H and O–H groups in total. The molecule has 0 aliphatic heterocycles. The van der Waals surface area contributed by atoms with Gasteiger partial charge >= 0.3 is 5.97 Å². The highest BCUT2D eigenvalue weighted by Crippen LogP contribution is 2.15. The summed E-state index contributed by atoms with van der Waals surface area (Å²) in [6.45, 7) is 6.14. The van der Waals surface area contributed by atoms with Gasteiger partial charge in [-0.2, -0.15) is 0 Å². The lowest BCUT2D eigenvalue weighted by atomic mass is 10.0. The van der Waals surface area contributed by atoms with E-state index in [1.165, 1.54) is 44.9 Å². The van der Waals surface area contributed by atoms with Crippen LogP contribution in [0.15, 0.2) is 122 Å². The van der Waals surface area contributed by atoms with Crippen LogP contribution in [0.5, 0.6) is 0 Å². The van der Waals surface area contributed by atoms with Gasteiger partial charge in [0.15, 0.2) is 0 Å². The third kappa shape index (κ3) is 39.1. The molecule has 326 valence electrons. The SMILES string of the molecule is CC/C=C/C=C/C=C\C=C/C=C/CCCC(CC(=O)NC(CO)C(O)CCCCCCCCCCCC)OC(=O)CC/C=C/C/C=C/C/C=C/C/C=C/C/C=C/CC. The molecular weight excluding hydrogens is 719 g/mol. The van der Waals surface area contributed by atoms with Crippen LogP contribution in [0.1, 0.15) is 168 Å². The molecule has 3 unspecified atom stereocenters. The summed E-state index contributed by atoms with van der Waals surface area (Å²) in [5.74, 6) is -0.663. The highest BCUT2D eigenvalue weighted by Gasteiger charge is 2.23. The minimum atomic E-state index is -0.825. The Morgan fingerprint density at radius 3 is 1.55 bits per heavy atom. The molecule has 0 saturated carbocycles. The summed E-state index contributed by atoms with van der Waals surface area (Å²) in [5, 5.41) is 23.6. The van der Waals surface area contributed by atoms with E-state index in [2.05, 4.69) is 92.9 Å². The monoisotopic (exact) mass is 802 g/mol. The van der Waals surface area contributed by atoms with E-state index in [1.54, 1.807) is 0 Å². The number of amides is 1. The molecule has 3 atom stereocenters. The van der Waals surface area contributed by atoms with Gasteiger partial charge in [-0.05, 0) is 70.6 Å². The fourth-order valence-corrected chi connectivity index (χ4v) is 6.03. The van der Waals surface area contributed by atoms with Crippen LogP contribution in [0.3, 0.4) is 0 Å². The van der Waals surface area contributed by atoms with E-state index in [1.807, 2.05) is 54.7 Å². The van der Waals surface area contributed by atoms with Gasteiger partial charge in [0.25, 0.3) is 0 Å². The number of aliphatic hydroxyl groups excluding tert-OH is 2. The van der Waals surface area contributed by atoms with Crippen LogP contribution >= 0.6 is 0 Å². The molecule has 6 nitrogen and oxygen atoms in total. The Balaban J connectivity index is 4.88. The molecule has 0 aromatic rings. The number of aliphatic hydroxyl groups is 2. The van der Waals surface area contributed by atoms with Crippen molar-refractivity contribution in [1.29, 1.82) is 0 Å². The van der Waals surface area contributed by atoms with E-state index >= 15 is 0 Å². The van der Waals surface area contributed by atoms with Crippen molar-refractivity contribution in [3.8, 4) is 0 Å². The molecule has 0 radical (unpaired) electrons. The third-order valence-electron chi connectivity index (χ3n) is 9.43. The number of allylic oxidation sites excluding steroid dienone is 20. The number of carbonyl (C=O) groups excluding carboxylic acids is 2. The topological polar surface area (TPSA) is 95.9 Å². The first-order chi connectivity index (χ1) is 28.5. The van der Waals surface area contributed by atoms with E-state index in [9.17, 15) is 19.8 Å². The fraction of sp³-hybridized carbons (Fsp3) is 0.577. The number of esters is 1. The van der Waals surface area contributed by atoms with E-state index < -0.39 is 18.2 Å². The Bertz CT molecular complexity index is 1260. The number of rotatable bonds is 38. The lowest BCUT2D eigenvalue weighted by molar-refractivity contribution is -0.150. The molecular formula is C52H83NO5. The van der Waals surface area contributed by atoms with Crippen molar-refractivity contribution >= 4 is 11.9 Å². The molecule has 0 bridgehead atoms. The lowest BCUT2D eigenvalue weighted by Gasteiger charge is -2.24. The standard InChI is InChI=1S/C52H83NO5/c1-4-7-10-13-16-19-22-24-25-26-28-30-33-36-39-42-45-52(57)58-48(43-40-37-34-31-29-27-23-20-17-14-11-8-5-2)46-51(56)53-49(47-54)50(55)44-41-38-35-32-21-18-15-12-9-6-3/h7-8,10-11,14,16-17,19-20,23-25,27-31,34,36,39,48-50,54-55H,4-6,9,12-13,15,18,21-22,26,32-33,35,37-38,40-47H2,1-3H3,(H,53,56)/b10-7+,11-8+,17-14+,19-16+,23-20-,25-24+,29-27-,30-28+,34-31+,39-36+. The van der Waals surface area contributed by atoms with E-state index in [-0.39, 0.29) is 31.3 Å². The summed E-state index contributed by atoms with van der Waals surface area (Å²) in [4.78, 5) is 26.0. The van der Waals surface area contributed by atoms with Crippen molar-refractivity contribution in [3.05, 3.63) is 122 Å². The average molecular weight is 802 g/mol. The molecule has 0 heterocycles. The summed E-state index contributed by atoms with van der Waals surface area (Å²) in [7, 11) is 0. The molecule has 58 heavy (non-hydrogen) atoms. The summed E-state index contributed by atoms with van der Waals surface area (Å²) in [5.41, 5.74) is 0. The van der Waals surface area contributed by atoms with Gasteiger partial charge in [-0.1, -0.05) is 206 Å². The zero-order valence-electron chi connectivity index (χ0n) is 36.9. The number of hydrogen-bond donors (Lipinski definition) is 3. The van der Waals surface area contributed by atoms with Gasteiger partial charge in [0.05, 0.1) is 25.2 Å². The lowest BCUT2D eigenvalue weighted by Crippen LogP contribution is -2.46. The van der Waals surface area contributed by atoms with Crippen molar-refractivity contribution in [2.45, 2.75) is 187 Å². The van der Waals surface area contributed by atoms with Crippen molar-refractivity contribution < 1.29 is 24.5 Å². The zero-order valence-corrected chi connectivity index (χ0v) is 36.9. The second-order valence-electron chi connectivity index (χ2n) is 14.8. The number of unbranched alkanes of at least 4 members (excludes halogenated alkanes) is 10. The predicted molar refractivity (Wildman–Crippen MR) is 250 cm³/mol. The van der Waals surface area contributed by atoms with Gasteiger partial charge in [0, 0.05) is 6.42 Å². The first-order valence-electron chi connectivity index (χ1n) is 22.8. The highest BCUT2D eigenvalue weighted by molar-refractivity contribution is 5.77. The van der Waals surface area contributed by atoms with Crippen LogP contribution in [-0.2, 0) is 14.3 Å². The van der Waals surface area contributed by atoms with Crippen LogP contribution in [0.25, 0.3) is 0 Å². The van der Waals surface area contributed by atoms with Gasteiger partial charge in [-0.15, -0.1) is 0 Å². The number of nitrogens with one attached hydrogen (secondary N) is 1. The zero-order chi connectivity index (χ0) is 42.4. The van der Waals surface area contributed by atoms with Crippen LogP contribution in [0, 0.1) is 0 Å². The van der Waals surface area contributed by atoms with Gasteiger partial charge in [-0.25, -0.2) is 0 Å². The fourth-order valence-electron chi connectivity index (χ4n) is 6.03. The Morgan fingerprint density at radius 2 is 1.02 bits per heavy atom. The average Bonchev–Trinajstić information content (AvgIpc) is 3.22. The van der Waals surface area contributed by atoms with E-state index in [0.717, 1.165) is 70.6 Å². The maximum atomic E-state index is 13.1. The van der Waals surface area contributed by atoms with Crippen LogP contribution in [-0.4, -0.2) is 46.9 Å². The largest absolute Gasteiger partial charge is 0.462 e. The quantitative estimate of drug-likeness (QED) is 0.0250. The molecule has 1 amide bonds. The molecule has 0 spiro atoms. The van der Waals surface area contributed by atoms with Crippen molar-refractivity contribution in [2.24, 2.45) is 0 Å². The van der Waals surface area contributed by atoms with Crippen molar-refractivity contribution in [3.63, 3.8) is 0 Å². The van der Waals surface area contributed by atoms with Crippen LogP contribution < -0.4 is 5.32 Å². The normalized spacial score (nSPS) is 14.5. The Morgan fingerprint density at radius 1 is 0.534 bits per heavy atom. The summed E-state index contributed by atoms with van der Waals surface area (Å²) < 4.78 is 5.82. The minimum absolute atomic E-state index is 0.00966. The molecule has 0 fully saturated rings. The summed E-state index contributed by atoms with van der Waals surface area (Å²) in [6.07, 6.45) is 61.3. The van der Waals surface area contributed by atoms with E-state index in [0.29, 0.717) is 19.3 Å². The molecule has 0 saturated heterocycles. The van der Waals surface area contributed by atoms with Crippen LogP contribution in [0.4, 0.5) is 0 Å². The number of hydrogen-bond acceptors (Lipinski definition) is 5. The third-order valence-corrected chi connectivity index (χ3v) is 9.43. The van der Waals surface area contributed by atoms with Gasteiger partial charge in [0.1, 0.15) is 6.10 Å². The highest BCUT2D eigenvalue weighted by atomic mass is 16.5. The summed E-state index contributed by atoms with van der Waals surface area (Å²) >= 11 is 0. The molecule has 0 aliphatic rings. The maximum absolute atomic E-state index is 13.1. The predicted octanol–water partition coefficient (Wildman–Crippen LogP) is 13.3. The molecule has 6 heteroatoms. The number of ether oxygens (including phenoxy) is 1. The van der Waals surface area contributed by atoms with Crippen molar-refractivity contribution in [2.75, 3.05) is 6.61 Å². The minimum Gasteiger partial charge on any atom is -0.462 e. The maximum Gasteiger partial charge on any atom is 0.306 e. The Kier molecular flexibility index (Phi) is 41.5. The first-order valence-corrected chi connectivity index (χ1v) is 22.8. The first kappa shape index (κ1) is 54.3. The molecule has 0 aromatic carbocycles. The van der Waals surface area contributed by atoms with Crippen LogP contribution in [0.2, 0.25) is 0 Å². The second kappa shape index (κ2) is 44.4. The van der Waals surface area contributed by atoms with E-state index in [4.69, 9.17) is 4.74 Å². The molecule has 0 aromatic heterocycles. The molecule has 0 aliphatic carbocycles.